The fourth-order valence-corrected chi connectivity index (χ4v) is 5.92. The number of benzene rings is 6. The van der Waals surface area contributed by atoms with Crippen molar-refractivity contribution in [2.75, 3.05) is 4.90 Å². The highest BCUT2D eigenvalue weighted by molar-refractivity contribution is 6.06. The fraction of sp³-hybridized carbons (Fsp3) is 0. The first-order valence-corrected chi connectivity index (χ1v) is 14.8. The van der Waals surface area contributed by atoms with Crippen LogP contribution in [-0.4, -0.2) is 4.98 Å². The summed E-state index contributed by atoms with van der Waals surface area (Å²) in [5, 5.41) is 2.12. The van der Waals surface area contributed by atoms with Crippen molar-refractivity contribution in [3.63, 3.8) is 0 Å². The molecule has 0 aliphatic heterocycles. The maximum absolute atomic E-state index is 6.14. The molecule has 8 rings (SSSR count). The van der Waals surface area contributed by atoms with Crippen molar-refractivity contribution in [2.45, 2.75) is 0 Å². The van der Waals surface area contributed by atoms with Crippen LogP contribution in [0.25, 0.3) is 55.3 Å². The Balaban J connectivity index is 1.35. The lowest BCUT2D eigenvalue weighted by molar-refractivity contribution is 0.667. The van der Waals surface area contributed by atoms with E-state index in [0.717, 1.165) is 61.4 Å². The summed E-state index contributed by atoms with van der Waals surface area (Å²) in [4.78, 5) is 7.22. The second kappa shape index (κ2) is 11.0. The molecule has 0 N–H and O–H groups in total. The van der Waals surface area contributed by atoms with Gasteiger partial charge in [-0.05, 0) is 75.8 Å². The van der Waals surface area contributed by atoms with Crippen molar-refractivity contribution in [2.24, 2.45) is 0 Å². The van der Waals surface area contributed by atoms with Crippen LogP contribution in [-0.2, 0) is 0 Å². The van der Waals surface area contributed by atoms with Gasteiger partial charge in [-0.25, -0.2) is 4.98 Å². The maximum Gasteiger partial charge on any atom is 0.153 e. The quantitative estimate of drug-likeness (QED) is 0.201. The average molecular weight is 565 g/mol. The molecule has 0 bridgehead atoms. The number of hydrogen-bond acceptors (Lipinski definition) is 3. The highest BCUT2D eigenvalue weighted by Gasteiger charge is 2.19. The van der Waals surface area contributed by atoms with Crippen molar-refractivity contribution >= 4 is 39.1 Å². The summed E-state index contributed by atoms with van der Waals surface area (Å²) in [5.41, 5.74) is 10.6. The van der Waals surface area contributed by atoms with Crippen molar-refractivity contribution in [1.29, 1.82) is 0 Å². The van der Waals surface area contributed by atoms with Crippen LogP contribution in [0, 0.1) is 0 Å². The van der Waals surface area contributed by atoms with Gasteiger partial charge in [-0.2, -0.15) is 0 Å². The van der Waals surface area contributed by atoms with Gasteiger partial charge in [-0.15, -0.1) is 0 Å². The van der Waals surface area contributed by atoms with Crippen LogP contribution < -0.4 is 4.90 Å². The van der Waals surface area contributed by atoms with Crippen molar-refractivity contribution in [3.05, 3.63) is 170 Å². The number of anilines is 3. The van der Waals surface area contributed by atoms with Gasteiger partial charge in [0, 0.05) is 22.1 Å². The largest absolute Gasteiger partial charge is 0.454 e. The van der Waals surface area contributed by atoms with E-state index >= 15 is 0 Å². The molecule has 0 fully saturated rings. The van der Waals surface area contributed by atoms with Gasteiger partial charge < -0.3 is 4.42 Å². The van der Waals surface area contributed by atoms with Gasteiger partial charge in [0.1, 0.15) is 11.4 Å². The van der Waals surface area contributed by atoms with Crippen LogP contribution in [0.1, 0.15) is 0 Å². The van der Waals surface area contributed by atoms with Crippen LogP contribution in [0.2, 0.25) is 0 Å². The first-order chi connectivity index (χ1) is 21.8. The standard InChI is InChI=1S/C41H28N2O/c1-4-12-29(13-5-1)32-20-22-35(23-21-32)43(41-27-38-37-18-10-11-19-39(37)44-40(38)28-42-41)36-25-33(30-14-6-2-7-15-30)24-34(26-36)31-16-8-3-9-17-31/h1-28H. The Morgan fingerprint density at radius 3 is 1.52 bits per heavy atom. The molecule has 8 aromatic rings. The zero-order chi connectivity index (χ0) is 29.3. The van der Waals surface area contributed by atoms with Crippen LogP contribution in [0.3, 0.4) is 0 Å². The summed E-state index contributed by atoms with van der Waals surface area (Å²) in [6.07, 6.45) is 1.84. The Morgan fingerprint density at radius 1 is 0.386 bits per heavy atom. The van der Waals surface area contributed by atoms with Gasteiger partial charge in [-0.1, -0.05) is 121 Å². The molecule has 3 nitrogen and oxygen atoms in total. The highest BCUT2D eigenvalue weighted by atomic mass is 16.3. The van der Waals surface area contributed by atoms with Crippen LogP contribution >= 0.6 is 0 Å². The molecular formula is C41H28N2O. The molecule has 0 spiro atoms. The fourth-order valence-electron chi connectivity index (χ4n) is 5.92. The number of para-hydroxylation sites is 1. The Labute approximate surface area is 256 Å². The number of aromatic nitrogens is 1. The van der Waals surface area contributed by atoms with E-state index in [1.54, 1.807) is 0 Å². The Kier molecular flexibility index (Phi) is 6.47. The SMILES string of the molecule is c1ccc(-c2ccc(N(c3cc(-c4ccccc4)cc(-c4ccccc4)c3)c3cc4c(cn3)oc3ccccc34)cc2)cc1. The van der Waals surface area contributed by atoms with E-state index in [-0.39, 0.29) is 0 Å². The predicted molar refractivity (Wildman–Crippen MR) is 183 cm³/mol. The zero-order valence-electron chi connectivity index (χ0n) is 24.0. The molecule has 44 heavy (non-hydrogen) atoms. The molecule has 0 aliphatic carbocycles. The smallest absolute Gasteiger partial charge is 0.153 e. The topological polar surface area (TPSA) is 29.3 Å². The number of fused-ring (bicyclic) bond motifs is 3. The second-order valence-electron chi connectivity index (χ2n) is 10.9. The first-order valence-electron chi connectivity index (χ1n) is 14.8. The predicted octanol–water partition coefficient (Wildman–Crippen LogP) is 11.5. The van der Waals surface area contributed by atoms with Gasteiger partial charge >= 0.3 is 0 Å². The third-order valence-electron chi connectivity index (χ3n) is 8.10. The number of furan rings is 1. The van der Waals surface area contributed by atoms with Gasteiger partial charge in [0.05, 0.1) is 6.20 Å². The molecule has 2 aromatic heterocycles. The highest BCUT2D eigenvalue weighted by Crippen LogP contribution is 2.41. The summed E-state index contributed by atoms with van der Waals surface area (Å²) in [5.74, 6) is 0.820. The minimum Gasteiger partial charge on any atom is -0.454 e. The third kappa shape index (κ3) is 4.81. The molecule has 2 heterocycles. The lowest BCUT2D eigenvalue weighted by atomic mass is 9.97. The van der Waals surface area contributed by atoms with Crippen LogP contribution in [0.4, 0.5) is 17.2 Å². The lowest BCUT2D eigenvalue weighted by Crippen LogP contribution is -2.12. The average Bonchev–Trinajstić information content (AvgIpc) is 3.48. The minimum atomic E-state index is 0.775. The Bertz CT molecular complexity index is 2150. The van der Waals surface area contributed by atoms with Crippen molar-refractivity contribution in [1.82, 2.24) is 4.98 Å². The molecule has 0 amide bonds. The number of hydrogen-bond donors (Lipinski definition) is 0. The molecule has 0 unspecified atom stereocenters. The summed E-state index contributed by atoms with van der Waals surface area (Å²) >= 11 is 0. The van der Waals surface area contributed by atoms with E-state index in [9.17, 15) is 0 Å². The monoisotopic (exact) mass is 564 g/mol. The zero-order valence-corrected chi connectivity index (χ0v) is 24.0. The van der Waals surface area contributed by atoms with E-state index < -0.39 is 0 Å². The van der Waals surface area contributed by atoms with E-state index in [1.165, 1.54) is 11.1 Å². The molecule has 0 aliphatic rings. The molecular weight excluding hydrogens is 536 g/mol. The van der Waals surface area contributed by atoms with E-state index in [1.807, 2.05) is 30.5 Å². The van der Waals surface area contributed by atoms with E-state index in [4.69, 9.17) is 9.40 Å². The van der Waals surface area contributed by atoms with Gasteiger partial charge in [0.15, 0.2) is 5.58 Å². The molecule has 0 saturated heterocycles. The number of rotatable bonds is 6. The molecule has 0 saturated carbocycles. The van der Waals surface area contributed by atoms with Crippen molar-refractivity contribution in [3.8, 4) is 33.4 Å². The van der Waals surface area contributed by atoms with Gasteiger partial charge in [0.2, 0.25) is 0 Å². The van der Waals surface area contributed by atoms with Gasteiger partial charge in [-0.3, -0.25) is 4.90 Å². The minimum absolute atomic E-state index is 0.775. The number of nitrogens with zero attached hydrogens (tertiary/aromatic N) is 2. The summed E-state index contributed by atoms with van der Waals surface area (Å²) < 4.78 is 6.14. The molecule has 208 valence electrons. The van der Waals surface area contributed by atoms with E-state index in [2.05, 4.69) is 144 Å². The number of pyridine rings is 1. The summed E-state index contributed by atoms with van der Waals surface area (Å²) in [7, 11) is 0. The lowest BCUT2D eigenvalue weighted by Gasteiger charge is -2.26. The summed E-state index contributed by atoms with van der Waals surface area (Å²) in [6.45, 7) is 0. The van der Waals surface area contributed by atoms with Crippen LogP contribution in [0.5, 0.6) is 0 Å². The Morgan fingerprint density at radius 2 is 0.909 bits per heavy atom. The van der Waals surface area contributed by atoms with Crippen LogP contribution in [0.15, 0.2) is 174 Å². The first kappa shape index (κ1) is 25.8. The third-order valence-corrected chi connectivity index (χ3v) is 8.10. The maximum atomic E-state index is 6.14. The normalized spacial score (nSPS) is 11.2. The molecule has 0 radical (unpaired) electrons. The van der Waals surface area contributed by atoms with Crippen molar-refractivity contribution < 1.29 is 4.42 Å². The molecule has 6 aromatic carbocycles. The van der Waals surface area contributed by atoms with Gasteiger partial charge in [0.25, 0.3) is 0 Å². The van der Waals surface area contributed by atoms with E-state index in [0.29, 0.717) is 0 Å². The Hall–Kier alpha value is -5.93. The molecule has 0 atom stereocenters. The second-order valence-corrected chi connectivity index (χ2v) is 10.9. The molecule has 3 heteroatoms. The summed E-state index contributed by atoms with van der Waals surface area (Å²) in [6, 6.07) is 57.4.